The normalized spacial score (nSPS) is 10.7. The average Bonchev–Trinajstić information content (AvgIpc) is 2.39. The number of urea groups is 1. The van der Waals surface area contributed by atoms with Crippen molar-refractivity contribution >= 4 is 39.4 Å². The molecule has 0 unspecified atom stereocenters. The molecule has 2 amide bonds. The summed E-state index contributed by atoms with van der Waals surface area (Å²) in [7, 11) is 0. The van der Waals surface area contributed by atoms with Crippen molar-refractivity contribution in [3.05, 3.63) is 28.2 Å². The molecule has 0 heterocycles. The van der Waals surface area contributed by atoms with E-state index in [0.717, 1.165) is 41.7 Å². The molecule has 0 atom stereocenters. The second-order valence-corrected chi connectivity index (χ2v) is 6.00. The van der Waals surface area contributed by atoms with Crippen LogP contribution in [0.1, 0.15) is 25.3 Å². The predicted octanol–water partition coefficient (Wildman–Crippen LogP) is 4.13. The molecule has 0 aliphatic carbocycles. The minimum absolute atomic E-state index is 0.192. The first-order valence-electron chi connectivity index (χ1n) is 6.74. The Labute approximate surface area is 134 Å². The third-order valence-electron chi connectivity index (χ3n) is 2.78. The van der Waals surface area contributed by atoms with Gasteiger partial charge in [0.05, 0.1) is 0 Å². The first kappa shape index (κ1) is 17.3. The van der Waals surface area contributed by atoms with Gasteiger partial charge in [0.25, 0.3) is 0 Å². The number of amides is 2. The number of nitrogens with zero attached hydrogens (tertiary/aromatic N) is 1. The van der Waals surface area contributed by atoms with Crippen molar-refractivity contribution in [2.45, 2.75) is 26.7 Å². The van der Waals surface area contributed by atoms with Crippen molar-refractivity contribution in [2.24, 2.45) is 0 Å². The minimum Gasteiger partial charge on any atom is -0.338 e. The maximum absolute atomic E-state index is 11.8. The van der Waals surface area contributed by atoms with Crippen LogP contribution in [0.25, 0.3) is 0 Å². The lowest BCUT2D eigenvalue weighted by atomic mass is 10.2. The van der Waals surface area contributed by atoms with Gasteiger partial charge < -0.3 is 10.6 Å². The maximum atomic E-state index is 11.8. The number of anilines is 1. The fourth-order valence-corrected chi connectivity index (χ4v) is 2.35. The molecule has 1 aromatic rings. The Morgan fingerprint density at radius 3 is 2.85 bits per heavy atom. The van der Waals surface area contributed by atoms with Gasteiger partial charge in [-0.15, -0.1) is 0 Å². The summed E-state index contributed by atoms with van der Waals surface area (Å²) < 4.78 is 2.69. The molecule has 0 saturated heterocycles. The molecule has 0 aromatic heterocycles. The summed E-state index contributed by atoms with van der Waals surface area (Å²) in [5.41, 5.74) is 1.83. The zero-order valence-electron chi connectivity index (χ0n) is 11.9. The highest BCUT2D eigenvalue weighted by molar-refractivity contribution is 9.10. The minimum atomic E-state index is -0.192. The molecule has 0 saturated carbocycles. The van der Waals surface area contributed by atoms with Crippen molar-refractivity contribution in [3.63, 3.8) is 0 Å². The Balaban J connectivity index is 2.28. The highest BCUT2D eigenvalue weighted by Crippen LogP contribution is 2.20. The molecular formula is C14H21BrClN3O. The van der Waals surface area contributed by atoms with Crippen molar-refractivity contribution in [1.82, 2.24) is 9.74 Å². The van der Waals surface area contributed by atoms with Gasteiger partial charge in [-0.3, -0.25) is 0 Å². The van der Waals surface area contributed by atoms with Gasteiger partial charge >= 0.3 is 6.03 Å². The maximum Gasteiger partial charge on any atom is 0.319 e. The lowest BCUT2D eigenvalue weighted by molar-refractivity contribution is 0.251. The second-order valence-electron chi connectivity index (χ2n) is 4.60. The summed E-state index contributed by atoms with van der Waals surface area (Å²) in [6.07, 6.45) is 1.86. The molecule has 0 bridgehead atoms. The van der Waals surface area contributed by atoms with E-state index in [1.807, 2.05) is 25.1 Å². The van der Waals surface area contributed by atoms with Crippen LogP contribution in [0.15, 0.2) is 22.7 Å². The van der Waals surface area contributed by atoms with Crippen LogP contribution in [0, 0.1) is 6.92 Å². The Morgan fingerprint density at radius 1 is 1.40 bits per heavy atom. The molecule has 4 nitrogen and oxygen atoms in total. The fourth-order valence-electron chi connectivity index (χ4n) is 1.70. The van der Waals surface area contributed by atoms with Crippen LogP contribution in [-0.4, -0.2) is 30.1 Å². The molecule has 20 heavy (non-hydrogen) atoms. The first-order valence-corrected chi connectivity index (χ1v) is 7.87. The summed E-state index contributed by atoms with van der Waals surface area (Å²) in [5.74, 6) is 0. The largest absolute Gasteiger partial charge is 0.338 e. The first-order chi connectivity index (χ1) is 9.52. The lowest BCUT2D eigenvalue weighted by Gasteiger charge is -2.13. The molecule has 0 aliphatic heterocycles. The van der Waals surface area contributed by atoms with Crippen LogP contribution >= 0.6 is 27.7 Å². The number of carbonyl (C=O) groups is 1. The van der Waals surface area contributed by atoms with Crippen molar-refractivity contribution < 1.29 is 4.79 Å². The molecule has 0 radical (unpaired) electrons. The summed E-state index contributed by atoms with van der Waals surface area (Å²) in [6.45, 7) is 6.28. The van der Waals surface area contributed by atoms with E-state index in [-0.39, 0.29) is 6.03 Å². The Kier molecular flexibility index (Phi) is 7.95. The standard InChI is InChI=1S/C14H21BrClN3O/c1-3-8-19(16)9-4-7-17-14(20)18-13-10-12(15)6-5-11(13)2/h5-6,10H,3-4,7-9H2,1-2H3,(H2,17,18,20). The zero-order valence-corrected chi connectivity index (χ0v) is 14.2. The van der Waals surface area contributed by atoms with Gasteiger partial charge in [-0.25, -0.2) is 9.21 Å². The monoisotopic (exact) mass is 361 g/mol. The van der Waals surface area contributed by atoms with Gasteiger partial charge in [-0.1, -0.05) is 28.9 Å². The van der Waals surface area contributed by atoms with E-state index in [0.29, 0.717) is 6.54 Å². The van der Waals surface area contributed by atoms with E-state index in [1.54, 1.807) is 4.42 Å². The van der Waals surface area contributed by atoms with Crippen molar-refractivity contribution in [1.29, 1.82) is 0 Å². The van der Waals surface area contributed by atoms with Gasteiger partial charge in [0.2, 0.25) is 0 Å². The van der Waals surface area contributed by atoms with Crippen molar-refractivity contribution in [2.75, 3.05) is 25.0 Å². The Bertz CT molecular complexity index is 442. The molecule has 112 valence electrons. The third-order valence-corrected chi connectivity index (χ3v) is 3.61. The highest BCUT2D eigenvalue weighted by Gasteiger charge is 2.05. The molecule has 1 rings (SSSR count). The van der Waals surface area contributed by atoms with Crippen molar-refractivity contribution in [3.8, 4) is 0 Å². The van der Waals surface area contributed by atoms with Gasteiger partial charge in [0.15, 0.2) is 0 Å². The number of hydrogen-bond donors (Lipinski definition) is 2. The van der Waals surface area contributed by atoms with E-state index in [4.69, 9.17) is 11.8 Å². The number of halogens is 2. The second kappa shape index (κ2) is 9.21. The SMILES string of the molecule is CCCN(Cl)CCCNC(=O)Nc1cc(Br)ccc1C. The molecule has 6 heteroatoms. The number of hydrogen-bond acceptors (Lipinski definition) is 2. The molecule has 0 spiro atoms. The average molecular weight is 363 g/mol. The smallest absolute Gasteiger partial charge is 0.319 e. The van der Waals surface area contributed by atoms with Crippen LogP contribution in [0.4, 0.5) is 10.5 Å². The summed E-state index contributed by atoms with van der Waals surface area (Å²) in [6, 6.07) is 5.59. The van der Waals surface area contributed by atoms with E-state index in [2.05, 4.69) is 33.5 Å². The summed E-state index contributed by atoms with van der Waals surface area (Å²) in [4.78, 5) is 11.8. The quantitative estimate of drug-likeness (QED) is 0.565. The van der Waals surface area contributed by atoms with Crippen LogP contribution in [0.5, 0.6) is 0 Å². The van der Waals surface area contributed by atoms with E-state index in [1.165, 1.54) is 0 Å². The van der Waals surface area contributed by atoms with Crippen LogP contribution in [0.2, 0.25) is 0 Å². The van der Waals surface area contributed by atoms with Gasteiger partial charge in [0, 0.05) is 29.8 Å². The molecular weight excluding hydrogens is 342 g/mol. The Hall–Kier alpha value is -0.780. The number of benzene rings is 1. The molecule has 2 N–H and O–H groups in total. The molecule has 0 fully saturated rings. The molecule has 1 aromatic carbocycles. The predicted molar refractivity (Wildman–Crippen MR) is 88.2 cm³/mol. The Morgan fingerprint density at radius 2 is 2.15 bits per heavy atom. The lowest BCUT2D eigenvalue weighted by Crippen LogP contribution is -2.31. The van der Waals surface area contributed by atoms with Crippen LogP contribution in [-0.2, 0) is 0 Å². The third kappa shape index (κ3) is 6.59. The van der Waals surface area contributed by atoms with Gasteiger partial charge in [-0.2, -0.15) is 0 Å². The topological polar surface area (TPSA) is 44.4 Å². The summed E-state index contributed by atoms with van der Waals surface area (Å²) >= 11 is 9.35. The summed E-state index contributed by atoms with van der Waals surface area (Å²) in [5, 5.41) is 5.66. The number of rotatable bonds is 7. The van der Waals surface area contributed by atoms with E-state index in [9.17, 15) is 4.79 Å². The highest BCUT2D eigenvalue weighted by atomic mass is 79.9. The number of aryl methyl sites for hydroxylation is 1. The van der Waals surface area contributed by atoms with Crippen LogP contribution < -0.4 is 10.6 Å². The van der Waals surface area contributed by atoms with Gasteiger partial charge in [0.1, 0.15) is 0 Å². The fraction of sp³-hybridized carbons (Fsp3) is 0.500. The zero-order chi connectivity index (χ0) is 15.0. The number of nitrogens with one attached hydrogen (secondary N) is 2. The van der Waals surface area contributed by atoms with E-state index < -0.39 is 0 Å². The van der Waals surface area contributed by atoms with Gasteiger partial charge in [-0.05, 0) is 49.2 Å². The molecule has 0 aliphatic rings. The van der Waals surface area contributed by atoms with E-state index >= 15 is 0 Å². The number of carbonyl (C=O) groups excluding carboxylic acids is 1. The van der Waals surface area contributed by atoms with Crippen LogP contribution in [0.3, 0.4) is 0 Å².